The van der Waals surface area contributed by atoms with Crippen molar-refractivity contribution in [3.05, 3.63) is 73.3 Å². The van der Waals surface area contributed by atoms with Gasteiger partial charge >= 0.3 is 0 Å². The van der Waals surface area contributed by atoms with E-state index in [0.29, 0.717) is 11.3 Å². The first kappa shape index (κ1) is 17.6. The van der Waals surface area contributed by atoms with Crippen molar-refractivity contribution in [1.29, 1.82) is 0 Å². The van der Waals surface area contributed by atoms with Crippen molar-refractivity contribution in [2.45, 2.75) is 0 Å². The highest BCUT2D eigenvalue weighted by Crippen LogP contribution is 2.34. The minimum Gasteiger partial charge on any atom is -0.254 e. The van der Waals surface area contributed by atoms with E-state index in [1.54, 1.807) is 24.8 Å². The van der Waals surface area contributed by atoms with Crippen LogP contribution in [0.5, 0.6) is 0 Å². The Labute approximate surface area is 190 Å². The van der Waals surface area contributed by atoms with Gasteiger partial charge in [-0.3, -0.25) is 19.9 Å². The largest absolute Gasteiger partial charge is 0.254 e. The Kier molecular flexibility index (Phi) is 3.25. The summed E-state index contributed by atoms with van der Waals surface area (Å²) in [7, 11) is 0. The molecular formula is C26H12N8. The number of fused-ring (bicyclic) bond motifs is 13. The summed E-state index contributed by atoms with van der Waals surface area (Å²) < 4.78 is 0. The maximum absolute atomic E-state index is 4.95. The van der Waals surface area contributed by atoms with Crippen LogP contribution in [0.15, 0.2) is 73.3 Å². The predicted molar refractivity (Wildman–Crippen MR) is 131 cm³/mol. The summed E-state index contributed by atoms with van der Waals surface area (Å²) in [5, 5.41) is 3.53. The molecule has 0 radical (unpaired) electrons. The highest BCUT2D eigenvalue weighted by Gasteiger charge is 2.18. The normalized spacial score (nSPS) is 12.1. The van der Waals surface area contributed by atoms with Gasteiger partial charge in [0.05, 0.1) is 22.1 Å². The van der Waals surface area contributed by atoms with Crippen molar-refractivity contribution >= 4 is 77.0 Å². The van der Waals surface area contributed by atoms with Gasteiger partial charge in [0.25, 0.3) is 0 Å². The smallest absolute Gasteiger partial charge is 0.199 e. The number of benzene rings is 2. The van der Waals surface area contributed by atoms with E-state index in [4.69, 9.17) is 19.9 Å². The van der Waals surface area contributed by atoms with E-state index in [1.165, 1.54) is 0 Å². The SMILES string of the molecule is c1cnc2c(c1)c1nc3nc4c5cccnc5c5ncccc5c4nc3nc1c1cccnc12. The summed E-state index contributed by atoms with van der Waals surface area (Å²) in [6.45, 7) is 0. The van der Waals surface area contributed by atoms with Gasteiger partial charge < -0.3 is 0 Å². The summed E-state index contributed by atoms with van der Waals surface area (Å²) in [4.78, 5) is 38.1. The maximum atomic E-state index is 4.95. The monoisotopic (exact) mass is 436 g/mol. The predicted octanol–water partition coefficient (Wildman–Crippen LogP) is 4.92. The lowest BCUT2D eigenvalue weighted by atomic mass is 10.1. The van der Waals surface area contributed by atoms with Crippen LogP contribution in [0, 0.1) is 0 Å². The lowest BCUT2D eigenvalue weighted by Crippen LogP contribution is -1.99. The van der Waals surface area contributed by atoms with Gasteiger partial charge in [-0.15, -0.1) is 0 Å². The van der Waals surface area contributed by atoms with Gasteiger partial charge in [-0.05, 0) is 48.5 Å². The zero-order valence-corrected chi connectivity index (χ0v) is 17.5. The van der Waals surface area contributed by atoms with E-state index in [0.717, 1.165) is 65.7 Å². The molecule has 0 spiro atoms. The second-order valence-corrected chi connectivity index (χ2v) is 8.09. The molecule has 6 heterocycles. The van der Waals surface area contributed by atoms with Gasteiger partial charge in [0.2, 0.25) is 0 Å². The fraction of sp³-hybridized carbons (Fsp3) is 0. The highest BCUT2D eigenvalue weighted by atomic mass is 15.0. The molecule has 8 heteroatoms. The zero-order chi connectivity index (χ0) is 22.2. The van der Waals surface area contributed by atoms with Crippen LogP contribution in [0.1, 0.15) is 0 Å². The van der Waals surface area contributed by atoms with Crippen molar-refractivity contribution in [3.63, 3.8) is 0 Å². The Morgan fingerprint density at radius 1 is 0.324 bits per heavy atom. The van der Waals surface area contributed by atoms with Crippen molar-refractivity contribution in [2.24, 2.45) is 0 Å². The minimum absolute atomic E-state index is 0.474. The molecule has 8 aromatic rings. The molecule has 0 aliphatic heterocycles. The molecule has 0 aliphatic carbocycles. The summed E-state index contributed by atoms with van der Waals surface area (Å²) in [5.41, 5.74) is 7.04. The molecule has 0 N–H and O–H groups in total. The Balaban J connectivity index is 1.63. The first-order valence-corrected chi connectivity index (χ1v) is 10.8. The second kappa shape index (κ2) is 6.29. The maximum Gasteiger partial charge on any atom is 0.199 e. The summed E-state index contributed by atoms with van der Waals surface area (Å²) in [6.07, 6.45) is 7.06. The van der Waals surface area contributed by atoms with Crippen LogP contribution >= 0.6 is 0 Å². The van der Waals surface area contributed by atoms with Gasteiger partial charge in [-0.25, -0.2) is 19.9 Å². The third-order valence-corrected chi connectivity index (χ3v) is 6.22. The molecule has 0 fully saturated rings. The number of rotatable bonds is 0. The molecule has 156 valence electrons. The Morgan fingerprint density at radius 2 is 0.588 bits per heavy atom. The third-order valence-electron chi connectivity index (χ3n) is 6.22. The van der Waals surface area contributed by atoms with Crippen LogP contribution in [-0.2, 0) is 0 Å². The number of pyridine rings is 4. The average Bonchev–Trinajstić information content (AvgIpc) is 2.91. The molecule has 0 saturated heterocycles. The molecule has 0 atom stereocenters. The van der Waals surface area contributed by atoms with Gasteiger partial charge in [0, 0.05) is 46.3 Å². The summed E-state index contributed by atoms with van der Waals surface area (Å²) in [6, 6.07) is 15.6. The van der Waals surface area contributed by atoms with E-state index in [9.17, 15) is 0 Å². The van der Waals surface area contributed by atoms with Crippen LogP contribution in [0.25, 0.3) is 77.0 Å². The van der Waals surface area contributed by atoms with Crippen molar-refractivity contribution < 1.29 is 0 Å². The first-order chi connectivity index (χ1) is 16.9. The van der Waals surface area contributed by atoms with Crippen LogP contribution in [-0.4, -0.2) is 39.9 Å². The molecule has 0 saturated carbocycles. The fourth-order valence-corrected chi connectivity index (χ4v) is 4.78. The van der Waals surface area contributed by atoms with Crippen LogP contribution in [0.2, 0.25) is 0 Å². The first-order valence-electron chi connectivity index (χ1n) is 10.8. The van der Waals surface area contributed by atoms with E-state index < -0.39 is 0 Å². The molecule has 0 unspecified atom stereocenters. The molecule has 0 amide bonds. The Hall–Kier alpha value is -4.98. The minimum atomic E-state index is 0.474. The summed E-state index contributed by atoms with van der Waals surface area (Å²) >= 11 is 0. The zero-order valence-electron chi connectivity index (χ0n) is 17.5. The van der Waals surface area contributed by atoms with E-state index in [-0.39, 0.29) is 0 Å². The Bertz CT molecular complexity index is 1840. The van der Waals surface area contributed by atoms with Crippen LogP contribution in [0.3, 0.4) is 0 Å². The van der Waals surface area contributed by atoms with E-state index >= 15 is 0 Å². The van der Waals surface area contributed by atoms with Crippen molar-refractivity contribution in [2.75, 3.05) is 0 Å². The lowest BCUT2D eigenvalue weighted by Gasteiger charge is -2.10. The standard InChI is InChI=1S/C26H12N8/c1-5-13-17(27-9-1)18-14(6-2-10-28-18)22-21(13)31-25-26(32-22)34-24-16-8-4-12-30-20(16)19-15(23(24)33-25)7-3-11-29-19/h1-12H. The van der Waals surface area contributed by atoms with Crippen LogP contribution in [0.4, 0.5) is 0 Å². The molecular weight excluding hydrogens is 424 g/mol. The molecule has 34 heavy (non-hydrogen) atoms. The number of nitrogens with zero attached hydrogens (tertiary/aromatic N) is 8. The van der Waals surface area contributed by atoms with Gasteiger partial charge in [0.1, 0.15) is 22.1 Å². The lowest BCUT2D eigenvalue weighted by molar-refractivity contribution is 1.27. The topological polar surface area (TPSA) is 103 Å². The number of hydrogen-bond acceptors (Lipinski definition) is 8. The molecule has 0 aliphatic rings. The van der Waals surface area contributed by atoms with Crippen molar-refractivity contribution in [1.82, 2.24) is 39.9 Å². The van der Waals surface area contributed by atoms with Crippen LogP contribution < -0.4 is 0 Å². The molecule has 2 aromatic carbocycles. The summed E-state index contributed by atoms with van der Waals surface area (Å²) in [5.74, 6) is 0. The molecule has 6 aromatic heterocycles. The Morgan fingerprint density at radius 3 is 0.853 bits per heavy atom. The fourth-order valence-electron chi connectivity index (χ4n) is 4.78. The quantitative estimate of drug-likeness (QED) is 0.244. The molecule has 8 rings (SSSR count). The average molecular weight is 436 g/mol. The molecule has 0 bridgehead atoms. The van der Waals surface area contributed by atoms with Gasteiger partial charge in [-0.1, -0.05) is 0 Å². The van der Waals surface area contributed by atoms with E-state index in [2.05, 4.69) is 19.9 Å². The van der Waals surface area contributed by atoms with Gasteiger partial charge in [-0.2, -0.15) is 0 Å². The van der Waals surface area contributed by atoms with E-state index in [1.807, 2.05) is 48.5 Å². The van der Waals surface area contributed by atoms with Crippen molar-refractivity contribution in [3.8, 4) is 0 Å². The third kappa shape index (κ3) is 2.21. The van der Waals surface area contributed by atoms with Gasteiger partial charge in [0.15, 0.2) is 11.3 Å². The number of hydrogen-bond donors (Lipinski definition) is 0. The number of aromatic nitrogens is 8. The highest BCUT2D eigenvalue weighted by molar-refractivity contribution is 6.23. The second-order valence-electron chi connectivity index (χ2n) is 8.09. The molecule has 8 nitrogen and oxygen atoms in total.